The molecule has 0 saturated heterocycles. The SMILES string of the molecule is CCC(CCCCCC(=O)O)C(=O)O. The van der Waals surface area contributed by atoms with Crippen molar-refractivity contribution in [2.24, 2.45) is 5.92 Å². The molecule has 0 aliphatic carbocycles. The van der Waals surface area contributed by atoms with E-state index in [0.29, 0.717) is 19.3 Å². The van der Waals surface area contributed by atoms with Crippen molar-refractivity contribution in [3.05, 3.63) is 0 Å². The van der Waals surface area contributed by atoms with E-state index in [0.717, 1.165) is 12.8 Å². The number of hydrogen-bond acceptors (Lipinski definition) is 2. The van der Waals surface area contributed by atoms with E-state index >= 15 is 0 Å². The maximum absolute atomic E-state index is 10.6. The van der Waals surface area contributed by atoms with Gasteiger partial charge in [-0.3, -0.25) is 9.59 Å². The molecule has 1 atom stereocenters. The Balaban J connectivity index is 3.42. The minimum absolute atomic E-state index is 0.184. The number of aliphatic carboxylic acids is 2. The quantitative estimate of drug-likeness (QED) is 0.591. The Bertz CT molecular complexity index is 189. The molecule has 0 saturated carbocycles. The molecule has 0 amide bonds. The van der Waals surface area contributed by atoms with Gasteiger partial charge in [-0.15, -0.1) is 0 Å². The molecule has 82 valence electrons. The summed E-state index contributed by atoms with van der Waals surface area (Å²) < 4.78 is 0. The van der Waals surface area contributed by atoms with E-state index in [9.17, 15) is 9.59 Å². The monoisotopic (exact) mass is 202 g/mol. The summed E-state index contributed by atoms with van der Waals surface area (Å²) in [4.78, 5) is 20.8. The van der Waals surface area contributed by atoms with Crippen LogP contribution in [-0.2, 0) is 9.59 Å². The number of carboxylic acid groups (broad SMARTS) is 2. The Labute approximate surface area is 83.9 Å². The molecule has 0 fully saturated rings. The highest BCUT2D eigenvalue weighted by Gasteiger charge is 2.13. The van der Waals surface area contributed by atoms with E-state index < -0.39 is 11.9 Å². The van der Waals surface area contributed by atoms with Crippen molar-refractivity contribution in [2.45, 2.75) is 45.4 Å². The van der Waals surface area contributed by atoms with Crippen LogP contribution in [0.25, 0.3) is 0 Å². The zero-order valence-electron chi connectivity index (χ0n) is 8.53. The van der Waals surface area contributed by atoms with Crippen LogP contribution >= 0.6 is 0 Å². The Morgan fingerprint density at radius 2 is 1.79 bits per heavy atom. The molecule has 0 aromatic heterocycles. The molecule has 0 aliphatic heterocycles. The molecule has 0 bridgehead atoms. The second kappa shape index (κ2) is 7.35. The maximum Gasteiger partial charge on any atom is 0.306 e. The van der Waals surface area contributed by atoms with Crippen LogP contribution in [0.5, 0.6) is 0 Å². The van der Waals surface area contributed by atoms with Crippen molar-refractivity contribution >= 4 is 11.9 Å². The van der Waals surface area contributed by atoms with Gasteiger partial charge in [-0.2, -0.15) is 0 Å². The zero-order chi connectivity index (χ0) is 11.0. The number of hydrogen-bond donors (Lipinski definition) is 2. The molecule has 0 aliphatic rings. The molecule has 0 spiro atoms. The molecule has 1 unspecified atom stereocenters. The highest BCUT2D eigenvalue weighted by atomic mass is 16.4. The van der Waals surface area contributed by atoms with E-state index in [1.807, 2.05) is 6.92 Å². The highest BCUT2D eigenvalue weighted by Crippen LogP contribution is 2.14. The predicted molar refractivity (Wildman–Crippen MR) is 52.1 cm³/mol. The highest BCUT2D eigenvalue weighted by molar-refractivity contribution is 5.69. The van der Waals surface area contributed by atoms with Gasteiger partial charge in [-0.25, -0.2) is 0 Å². The summed E-state index contributed by atoms with van der Waals surface area (Å²) in [6.45, 7) is 1.86. The van der Waals surface area contributed by atoms with Crippen LogP contribution in [0.3, 0.4) is 0 Å². The largest absolute Gasteiger partial charge is 0.481 e. The minimum Gasteiger partial charge on any atom is -0.481 e. The first kappa shape index (κ1) is 12.9. The fourth-order valence-corrected chi connectivity index (χ4v) is 1.35. The van der Waals surface area contributed by atoms with Crippen LogP contribution < -0.4 is 0 Å². The Kier molecular flexibility index (Phi) is 6.80. The fourth-order valence-electron chi connectivity index (χ4n) is 1.35. The van der Waals surface area contributed by atoms with E-state index in [4.69, 9.17) is 10.2 Å². The van der Waals surface area contributed by atoms with E-state index in [1.165, 1.54) is 0 Å². The lowest BCUT2D eigenvalue weighted by molar-refractivity contribution is -0.142. The van der Waals surface area contributed by atoms with Crippen molar-refractivity contribution in [2.75, 3.05) is 0 Å². The van der Waals surface area contributed by atoms with Crippen molar-refractivity contribution < 1.29 is 19.8 Å². The first-order valence-electron chi connectivity index (χ1n) is 5.02. The molecule has 4 heteroatoms. The summed E-state index contributed by atoms with van der Waals surface area (Å²) in [5.74, 6) is -1.79. The lowest BCUT2D eigenvalue weighted by Crippen LogP contribution is -2.12. The molecule has 0 aromatic rings. The van der Waals surface area contributed by atoms with Crippen LogP contribution in [0.1, 0.15) is 45.4 Å². The third-order valence-electron chi connectivity index (χ3n) is 2.29. The number of carbonyl (C=O) groups is 2. The Hall–Kier alpha value is -1.06. The summed E-state index contributed by atoms with van der Waals surface area (Å²) in [7, 11) is 0. The summed E-state index contributed by atoms with van der Waals surface area (Å²) in [5.41, 5.74) is 0. The van der Waals surface area contributed by atoms with Gasteiger partial charge in [0.2, 0.25) is 0 Å². The topological polar surface area (TPSA) is 74.6 Å². The van der Waals surface area contributed by atoms with Crippen molar-refractivity contribution in [3.63, 3.8) is 0 Å². The van der Waals surface area contributed by atoms with Crippen LogP contribution in [0, 0.1) is 5.92 Å². The van der Waals surface area contributed by atoms with E-state index in [-0.39, 0.29) is 12.3 Å². The van der Waals surface area contributed by atoms with Gasteiger partial charge in [0.05, 0.1) is 5.92 Å². The third-order valence-corrected chi connectivity index (χ3v) is 2.29. The lowest BCUT2D eigenvalue weighted by atomic mass is 9.98. The van der Waals surface area contributed by atoms with Gasteiger partial charge < -0.3 is 10.2 Å². The van der Waals surface area contributed by atoms with Gasteiger partial charge in [0.25, 0.3) is 0 Å². The molecule has 0 rings (SSSR count). The van der Waals surface area contributed by atoms with Gasteiger partial charge >= 0.3 is 11.9 Å². The normalized spacial score (nSPS) is 12.4. The summed E-state index contributed by atoms with van der Waals surface area (Å²) in [6.07, 6.45) is 3.74. The van der Waals surface area contributed by atoms with Gasteiger partial charge in [-0.1, -0.05) is 19.8 Å². The summed E-state index contributed by atoms with van der Waals surface area (Å²) >= 11 is 0. The van der Waals surface area contributed by atoms with E-state index in [2.05, 4.69) is 0 Å². The number of unbranched alkanes of at least 4 members (excludes halogenated alkanes) is 2. The van der Waals surface area contributed by atoms with Crippen LogP contribution in [-0.4, -0.2) is 22.2 Å². The average molecular weight is 202 g/mol. The van der Waals surface area contributed by atoms with Crippen molar-refractivity contribution in [1.29, 1.82) is 0 Å². The number of carboxylic acids is 2. The van der Waals surface area contributed by atoms with Crippen molar-refractivity contribution in [1.82, 2.24) is 0 Å². The molecule has 2 N–H and O–H groups in total. The average Bonchev–Trinajstić information content (AvgIpc) is 2.10. The predicted octanol–water partition coefficient (Wildman–Crippen LogP) is 2.13. The van der Waals surface area contributed by atoms with Gasteiger partial charge in [0.15, 0.2) is 0 Å². The van der Waals surface area contributed by atoms with Gasteiger partial charge in [0, 0.05) is 6.42 Å². The fraction of sp³-hybridized carbons (Fsp3) is 0.800. The molecule has 0 radical (unpaired) electrons. The summed E-state index contributed by atoms with van der Waals surface area (Å²) in [5, 5.41) is 17.1. The zero-order valence-corrected chi connectivity index (χ0v) is 8.53. The molecular weight excluding hydrogens is 184 g/mol. The molecule has 4 nitrogen and oxygen atoms in total. The van der Waals surface area contributed by atoms with Gasteiger partial charge in [-0.05, 0) is 19.3 Å². The second-order valence-corrected chi connectivity index (χ2v) is 3.44. The lowest BCUT2D eigenvalue weighted by Gasteiger charge is -2.08. The van der Waals surface area contributed by atoms with Gasteiger partial charge in [0.1, 0.15) is 0 Å². The Morgan fingerprint density at radius 3 is 2.21 bits per heavy atom. The molecular formula is C10H18O4. The van der Waals surface area contributed by atoms with Crippen LogP contribution in [0.2, 0.25) is 0 Å². The smallest absolute Gasteiger partial charge is 0.306 e. The van der Waals surface area contributed by atoms with Crippen molar-refractivity contribution in [3.8, 4) is 0 Å². The maximum atomic E-state index is 10.6. The third kappa shape index (κ3) is 6.46. The first-order chi connectivity index (χ1) is 6.57. The van der Waals surface area contributed by atoms with Crippen LogP contribution in [0.15, 0.2) is 0 Å². The minimum atomic E-state index is -0.782. The first-order valence-corrected chi connectivity index (χ1v) is 5.02. The van der Waals surface area contributed by atoms with E-state index in [1.54, 1.807) is 0 Å². The second-order valence-electron chi connectivity index (χ2n) is 3.44. The standard InChI is InChI=1S/C10H18O4/c1-2-8(10(13)14)6-4-3-5-7-9(11)12/h8H,2-7H2,1H3,(H,11,12)(H,13,14). The molecule has 14 heavy (non-hydrogen) atoms. The molecule has 0 aromatic carbocycles. The Morgan fingerprint density at radius 1 is 1.14 bits per heavy atom. The van der Waals surface area contributed by atoms with Crippen LogP contribution in [0.4, 0.5) is 0 Å². The molecule has 0 heterocycles. The number of rotatable bonds is 8. The summed E-state index contributed by atoms with van der Waals surface area (Å²) in [6, 6.07) is 0.